The fourth-order valence-corrected chi connectivity index (χ4v) is 5.52. The summed E-state index contributed by atoms with van der Waals surface area (Å²) in [4.78, 5) is 32.6. The number of aldehydes is 1. The smallest absolute Gasteiger partial charge is 0.254 e. The van der Waals surface area contributed by atoms with Crippen molar-refractivity contribution in [1.82, 2.24) is 14.8 Å². The number of piperazine rings is 1. The van der Waals surface area contributed by atoms with Gasteiger partial charge in [0.1, 0.15) is 6.29 Å². The van der Waals surface area contributed by atoms with Crippen LogP contribution in [0.1, 0.15) is 48.0 Å². The molecule has 0 spiro atoms. The number of benzene rings is 2. The second-order valence-corrected chi connectivity index (χ2v) is 9.06. The summed E-state index contributed by atoms with van der Waals surface area (Å²) in [5.41, 5.74) is 4.99. The summed E-state index contributed by atoms with van der Waals surface area (Å²) in [7, 11) is 0. The maximum atomic E-state index is 13.6. The summed E-state index contributed by atoms with van der Waals surface area (Å²) in [6, 6.07) is 14.9. The lowest BCUT2D eigenvalue weighted by Crippen LogP contribution is -2.51. The first-order valence-corrected chi connectivity index (χ1v) is 11.9. The highest BCUT2D eigenvalue weighted by atomic mass is 16.2. The zero-order valence-corrected chi connectivity index (χ0v) is 18.6. The van der Waals surface area contributed by atoms with E-state index in [4.69, 9.17) is 0 Å². The van der Waals surface area contributed by atoms with Gasteiger partial charge in [0, 0.05) is 66.9 Å². The number of nitrogens with one attached hydrogen (secondary N) is 1. The van der Waals surface area contributed by atoms with Crippen LogP contribution in [0.3, 0.4) is 0 Å². The number of carbonyl (C=O) groups is 2. The van der Waals surface area contributed by atoms with Gasteiger partial charge < -0.3 is 14.7 Å². The molecule has 0 bridgehead atoms. The van der Waals surface area contributed by atoms with Crippen LogP contribution in [-0.2, 0) is 11.2 Å². The Hall–Kier alpha value is -2.92. The second-order valence-electron chi connectivity index (χ2n) is 9.06. The van der Waals surface area contributed by atoms with Crippen LogP contribution in [0.15, 0.2) is 48.7 Å². The zero-order valence-electron chi connectivity index (χ0n) is 18.6. The van der Waals surface area contributed by atoms with Gasteiger partial charge >= 0.3 is 0 Å². The molecule has 2 heterocycles. The highest BCUT2D eigenvalue weighted by molar-refractivity contribution is 6.12. The third-order valence-corrected chi connectivity index (χ3v) is 7.22. The number of aromatic nitrogens is 1. The van der Waals surface area contributed by atoms with Crippen molar-refractivity contribution in [2.75, 3.05) is 26.2 Å². The van der Waals surface area contributed by atoms with E-state index in [0.717, 1.165) is 71.7 Å². The Kier molecular flexibility index (Phi) is 6.08. The standard InChI is InChI=1S/C27H31N3O2/c31-18-6-8-20-7-1-4-11-22(20)24-19-28-25-13-5-12-23(26(24)25)27(32)30-16-14-29(15-17-30)21-9-2-3-10-21/h1,4-5,7,11-13,18-19,21,28H,2-3,6,8-10,14-17H2. The molecule has 1 N–H and O–H groups in total. The summed E-state index contributed by atoms with van der Waals surface area (Å²) >= 11 is 0. The molecule has 166 valence electrons. The molecule has 1 amide bonds. The molecule has 0 radical (unpaired) electrons. The lowest BCUT2D eigenvalue weighted by molar-refractivity contribution is -0.107. The van der Waals surface area contributed by atoms with Crippen molar-refractivity contribution in [2.45, 2.75) is 44.6 Å². The number of hydrogen-bond donors (Lipinski definition) is 1. The number of hydrogen-bond acceptors (Lipinski definition) is 3. The van der Waals surface area contributed by atoms with Gasteiger partial charge in [0.25, 0.3) is 5.91 Å². The van der Waals surface area contributed by atoms with E-state index in [9.17, 15) is 9.59 Å². The van der Waals surface area contributed by atoms with Crippen molar-refractivity contribution in [3.63, 3.8) is 0 Å². The molecule has 2 aliphatic rings. The van der Waals surface area contributed by atoms with E-state index < -0.39 is 0 Å². The first kappa shape index (κ1) is 21.0. The Morgan fingerprint density at radius 3 is 2.53 bits per heavy atom. The van der Waals surface area contributed by atoms with Crippen LogP contribution >= 0.6 is 0 Å². The largest absolute Gasteiger partial charge is 0.361 e. The van der Waals surface area contributed by atoms with E-state index in [1.807, 2.05) is 41.4 Å². The van der Waals surface area contributed by atoms with Gasteiger partial charge in [0.15, 0.2) is 0 Å². The first-order chi connectivity index (χ1) is 15.8. The minimum atomic E-state index is 0.118. The average Bonchev–Trinajstić information content (AvgIpc) is 3.53. The molecule has 0 atom stereocenters. The van der Waals surface area contributed by atoms with Crippen LogP contribution in [0.25, 0.3) is 22.0 Å². The molecule has 1 saturated carbocycles. The topological polar surface area (TPSA) is 56.4 Å². The van der Waals surface area contributed by atoms with Gasteiger partial charge in [-0.15, -0.1) is 0 Å². The van der Waals surface area contributed by atoms with E-state index in [0.29, 0.717) is 12.8 Å². The third kappa shape index (κ3) is 3.97. The van der Waals surface area contributed by atoms with Crippen LogP contribution in [0.2, 0.25) is 0 Å². The predicted molar refractivity (Wildman–Crippen MR) is 128 cm³/mol. The Labute approximate surface area is 189 Å². The Bertz CT molecular complexity index is 1110. The maximum absolute atomic E-state index is 13.6. The minimum absolute atomic E-state index is 0.118. The monoisotopic (exact) mass is 429 g/mol. The van der Waals surface area contributed by atoms with Gasteiger partial charge in [-0.3, -0.25) is 9.69 Å². The highest BCUT2D eigenvalue weighted by Gasteiger charge is 2.29. The fourth-order valence-electron chi connectivity index (χ4n) is 5.52. The zero-order chi connectivity index (χ0) is 21.9. The molecule has 2 fully saturated rings. The van der Waals surface area contributed by atoms with Crippen molar-refractivity contribution in [2.24, 2.45) is 0 Å². The lowest BCUT2D eigenvalue weighted by atomic mass is 9.94. The average molecular weight is 430 g/mol. The molecule has 5 rings (SSSR count). The van der Waals surface area contributed by atoms with Crippen molar-refractivity contribution < 1.29 is 9.59 Å². The molecule has 2 aromatic carbocycles. The summed E-state index contributed by atoms with van der Waals surface area (Å²) in [5, 5.41) is 0.981. The Morgan fingerprint density at radius 2 is 1.75 bits per heavy atom. The number of amides is 1. The minimum Gasteiger partial charge on any atom is -0.361 e. The molecule has 5 heteroatoms. The van der Waals surface area contributed by atoms with E-state index in [-0.39, 0.29) is 5.91 Å². The van der Waals surface area contributed by atoms with Gasteiger partial charge in [-0.05, 0) is 42.5 Å². The summed E-state index contributed by atoms with van der Waals surface area (Å²) in [6.45, 7) is 3.53. The predicted octanol–water partition coefficient (Wildman–Crippen LogP) is 4.67. The van der Waals surface area contributed by atoms with Crippen LogP contribution < -0.4 is 0 Å². The molecular weight excluding hydrogens is 398 g/mol. The second kappa shape index (κ2) is 9.29. The molecule has 3 aromatic rings. The van der Waals surface area contributed by atoms with Crippen LogP contribution in [0, 0.1) is 0 Å². The van der Waals surface area contributed by atoms with Crippen LogP contribution in [0.4, 0.5) is 0 Å². The van der Waals surface area contributed by atoms with Crippen molar-refractivity contribution >= 4 is 23.1 Å². The molecule has 1 aliphatic carbocycles. The first-order valence-electron chi connectivity index (χ1n) is 11.9. The maximum Gasteiger partial charge on any atom is 0.254 e. The SMILES string of the molecule is O=CCCc1ccccc1-c1c[nH]c2cccc(C(=O)N3CCN(C4CCCC4)CC3)c12. The number of nitrogens with zero attached hydrogens (tertiary/aromatic N) is 2. The van der Waals surface area contributed by atoms with Crippen LogP contribution in [0.5, 0.6) is 0 Å². The summed E-state index contributed by atoms with van der Waals surface area (Å²) < 4.78 is 0. The fraction of sp³-hybridized carbons (Fsp3) is 0.407. The number of carbonyl (C=O) groups excluding carboxylic acids is 2. The number of H-pyrrole nitrogens is 1. The Balaban J connectivity index is 1.44. The number of aryl methyl sites for hydroxylation is 1. The Morgan fingerprint density at radius 1 is 0.969 bits per heavy atom. The number of fused-ring (bicyclic) bond motifs is 1. The van der Waals surface area contributed by atoms with Crippen molar-refractivity contribution in [3.8, 4) is 11.1 Å². The van der Waals surface area contributed by atoms with Gasteiger partial charge in [0.2, 0.25) is 0 Å². The summed E-state index contributed by atoms with van der Waals surface area (Å²) in [6.07, 6.45) is 9.47. The number of aromatic amines is 1. The molecular formula is C27H31N3O2. The van der Waals surface area contributed by atoms with Gasteiger partial charge in [-0.2, -0.15) is 0 Å². The van der Waals surface area contributed by atoms with E-state index in [2.05, 4.69) is 22.0 Å². The van der Waals surface area contributed by atoms with Gasteiger partial charge in [0.05, 0.1) is 0 Å². The van der Waals surface area contributed by atoms with Crippen molar-refractivity contribution in [3.05, 3.63) is 59.8 Å². The molecule has 32 heavy (non-hydrogen) atoms. The quantitative estimate of drug-likeness (QED) is 0.580. The van der Waals surface area contributed by atoms with Crippen LogP contribution in [-0.4, -0.2) is 59.2 Å². The molecule has 0 unspecified atom stereocenters. The summed E-state index contributed by atoms with van der Waals surface area (Å²) in [5.74, 6) is 0.118. The van der Waals surface area contributed by atoms with Gasteiger partial charge in [-0.25, -0.2) is 0 Å². The lowest BCUT2D eigenvalue weighted by Gasteiger charge is -2.38. The molecule has 1 aliphatic heterocycles. The number of rotatable bonds is 6. The highest BCUT2D eigenvalue weighted by Crippen LogP contribution is 2.34. The van der Waals surface area contributed by atoms with E-state index in [1.165, 1.54) is 25.7 Å². The van der Waals surface area contributed by atoms with Gasteiger partial charge in [-0.1, -0.05) is 43.2 Å². The van der Waals surface area contributed by atoms with Crippen molar-refractivity contribution in [1.29, 1.82) is 0 Å². The van der Waals surface area contributed by atoms with E-state index in [1.54, 1.807) is 0 Å². The molecule has 1 saturated heterocycles. The normalized spacial score (nSPS) is 17.8. The van der Waals surface area contributed by atoms with E-state index >= 15 is 0 Å². The third-order valence-electron chi connectivity index (χ3n) is 7.22. The molecule has 1 aromatic heterocycles. The molecule has 5 nitrogen and oxygen atoms in total.